The Morgan fingerprint density at radius 1 is 1.30 bits per heavy atom. The lowest BCUT2D eigenvalue weighted by molar-refractivity contribution is -0.175. The van der Waals surface area contributed by atoms with Crippen molar-refractivity contribution in [2.75, 3.05) is 0 Å². The van der Waals surface area contributed by atoms with Crippen LogP contribution >= 0.6 is 0 Å². The van der Waals surface area contributed by atoms with Crippen LogP contribution in [0.15, 0.2) is 30.3 Å². The number of halogens is 2. The molecule has 0 aromatic heterocycles. The van der Waals surface area contributed by atoms with Gasteiger partial charge in [-0.3, -0.25) is 4.79 Å². The highest BCUT2D eigenvalue weighted by Crippen LogP contribution is 2.41. The third-order valence-electron chi connectivity index (χ3n) is 3.81. The molecular formula is C15H16F2O3. The fourth-order valence-corrected chi connectivity index (χ4v) is 2.61. The summed E-state index contributed by atoms with van der Waals surface area (Å²) in [6.45, 7) is 0.0565. The molecule has 2 fully saturated rings. The minimum absolute atomic E-state index is 0.0565. The zero-order chi connectivity index (χ0) is 14.2. The van der Waals surface area contributed by atoms with Crippen LogP contribution in [0.4, 0.5) is 8.78 Å². The maximum absolute atomic E-state index is 14.1. The topological polar surface area (TPSA) is 38.8 Å². The number of hydrogen-bond donors (Lipinski definition) is 0. The van der Waals surface area contributed by atoms with Crippen molar-refractivity contribution in [3.63, 3.8) is 0 Å². The molecule has 1 aromatic rings. The third-order valence-corrected chi connectivity index (χ3v) is 3.81. The van der Waals surface area contributed by atoms with E-state index < -0.39 is 23.9 Å². The maximum atomic E-state index is 14.1. The number of hydrogen-bond acceptors (Lipinski definition) is 3. The summed E-state index contributed by atoms with van der Waals surface area (Å²) in [5.74, 6) is -4.50. The smallest absolute Gasteiger partial charge is 0.333 e. The monoisotopic (exact) mass is 282 g/mol. The number of rotatable bonds is 3. The normalized spacial score (nSPS) is 32.1. The number of alkyl halides is 2. The first-order valence-corrected chi connectivity index (χ1v) is 6.81. The molecule has 3 rings (SSSR count). The summed E-state index contributed by atoms with van der Waals surface area (Å²) in [6, 6.07) is 9.08. The number of carbonyl (C=O) groups excluding carboxylic acids is 1. The van der Waals surface area contributed by atoms with Gasteiger partial charge in [-0.2, -0.15) is 8.78 Å². The van der Waals surface area contributed by atoms with Crippen LogP contribution in [0.25, 0.3) is 0 Å². The fraction of sp³-hybridized carbons (Fsp3) is 0.533. The largest absolute Gasteiger partial charge is 0.366 e. The van der Waals surface area contributed by atoms with Gasteiger partial charge in [0.1, 0.15) is 6.10 Å². The molecule has 1 heterocycles. The van der Waals surface area contributed by atoms with Gasteiger partial charge in [0.2, 0.25) is 5.78 Å². The molecule has 5 heteroatoms. The summed E-state index contributed by atoms with van der Waals surface area (Å²) in [7, 11) is 0. The Hall–Kier alpha value is -1.33. The van der Waals surface area contributed by atoms with Crippen LogP contribution in [0.3, 0.4) is 0 Å². The molecule has 0 unspecified atom stereocenters. The lowest BCUT2D eigenvalue weighted by Crippen LogP contribution is -2.47. The zero-order valence-corrected chi connectivity index (χ0v) is 10.9. The van der Waals surface area contributed by atoms with Crippen molar-refractivity contribution in [2.45, 2.75) is 50.1 Å². The first-order chi connectivity index (χ1) is 9.59. The lowest BCUT2D eigenvalue weighted by atomic mass is 9.94. The Kier molecular flexibility index (Phi) is 3.56. The predicted octanol–water partition coefficient (Wildman–Crippen LogP) is 2.73. The summed E-state index contributed by atoms with van der Waals surface area (Å²) in [5.41, 5.74) is 0.801. The minimum atomic E-state index is -3.46. The van der Waals surface area contributed by atoms with Gasteiger partial charge in [-0.15, -0.1) is 0 Å². The molecule has 1 saturated heterocycles. The van der Waals surface area contributed by atoms with Crippen LogP contribution in [0, 0.1) is 0 Å². The van der Waals surface area contributed by atoms with Crippen molar-refractivity contribution >= 4 is 5.78 Å². The number of epoxide rings is 1. The first kappa shape index (κ1) is 13.6. The Morgan fingerprint density at radius 3 is 2.80 bits per heavy atom. The van der Waals surface area contributed by atoms with Crippen molar-refractivity contribution in [2.24, 2.45) is 0 Å². The number of benzene rings is 1. The van der Waals surface area contributed by atoms with E-state index in [9.17, 15) is 13.6 Å². The Balaban J connectivity index is 1.73. The summed E-state index contributed by atoms with van der Waals surface area (Å²) in [4.78, 5) is 11.6. The quantitative estimate of drug-likeness (QED) is 0.800. The highest BCUT2D eigenvalue weighted by molar-refractivity contribution is 5.86. The van der Waals surface area contributed by atoms with E-state index in [4.69, 9.17) is 9.47 Å². The first-order valence-electron chi connectivity index (χ1n) is 6.81. The molecule has 1 aliphatic heterocycles. The Bertz CT molecular complexity index is 489. The van der Waals surface area contributed by atoms with Gasteiger partial charge in [-0.25, -0.2) is 0 Å². The van der Waals surface area contributed by atoms with Crippen LogP contribution < -0.4 is 0 Å². The van der Waals surface area contributed by atoms with Gasteiger partial charge >= 0.3 is 5.92 Å². The molecule has 0 spiro atoms. The van der Waals surface area contributed by atoms with Gasteiger partial charge in [-0.1, -0.05) is 30.3 Å². The van der Waals surface area contributed by atoms with Gasteiger partial charge in [0.25, 0.3) is 0 Å². The average Bonchev–Trinajstić information content (AvgIpc) is 3.18. The molecule has 1 aliphatic carbocycles. The second kappa shape index (κ2) is 5.22. The summed E-state index contributed by atoms with van der Waals surface area (Å²) in [5, 5.41) is 0. The molecule has 20 heavy (non-hydrogen) atoms. The summed E-state index contributed by atoms with van der Waals surface area (Å²) < 4.78 is 38.9. The van der Waals surface area contributed by atoms with E-state index in [1.54, 1.807) is 12.1 Å². The maximum Gasteiger partial charge on any atom is 0.333 e. The molecule has 3 atom stereocenters. The Morgan fingerprint density at radius 2 is 2.05 bits per heavy atom. The second-order valence-corrected chi connectivity index (χ2v) is 5.29. The highest BCUT2D eigenvalue weighted by Gasteiger charge is 2.60. The van der Waals surface area contributed by atoms with Crippen molar-refractivity contribution in [1.82, 2.24) is 0 Å². The molecule has 0 N–H and O–H groups in total. The van der Waals surface area contributed by atoms with Gasteiger partial charge < -0.3 is 9.47 Å². The van der Waals surface area contributed by atoms with Crippen molar-refractivity contribution < 1.29 is 23.0 Å². The van der Waals surface area contributed by atoms with Crippen LogP contribution in [0.2, 0.25) is 0 Å². The van der Waals surface area contributed by atoms with E-state index in [0.717, 1.165) is 5.56 Å². The van der Waals surface area contributed by atoms with E-state index in [2.05, 4.69) is 0 Å². The number of carbonyl (C=O) groups is 1. The minimum Gasteiger partial charge on any atom is -0.366 e. The van der Waals surface area contributed by atoms with Crippen molar-refractivity contribution in [3.05, 3.63) is 35.9 Å². The van der Waals surface area contributed by atoms with E-state index in [0.29, 0.717) is 12.8 Å². The zero-order valence-electron chi connectivity index (χ0n) is 10.9. The van der Waals surface area contributed by atoms with Gasteiger partial charge in [0.05, 0.1) is 12.7 Å². The second-order valence-electron chi connectivity index (χ2n) is 5.29. The molecule has 1 saturated carbocycles. The SMILES string of the molecule is O=C1CCC[C@@H]2O[C@@H]2[C@@H](OCc2ccccc2)C1(F)F. The van der Waals surface area contributed by atoms with E-state index in [1.165, 1.54) is 0 Å². The van der Waals surface area contributed by atoms with Gasteiger partial charge in [0.15, 0.2) is 6.10 Å². The van der Waals surface area contributed by atoms with E-state index in [-0.39, 0.29) is 19.1 Å². The van der Waals surface area contributed by atoms with Gasteiger partial charge in [-0.05, 0) is 18.4 Å². The third kappa shape index (κ3) is 2.60. The average molecular weight is 282 g/mol. The van der Waals surface area contributed by atoms with E-state index >= 15 is 0 Å². The van der Waals surface area contributed by atoms with E-state index in [1.807, 2.05) is 18.2 Å². The van der Waals surface area contributed by atoms with Crippen molar-refractivity contribution in [3.8, 4) is 0 Å². The summed E-state index contributed by atoms with van der Waals surface area (Å²) >= 11 is 0. The Labute approximate surface area is 115 Å². The molecule has 0 amide bonds. The molecule has 108 valence electrons. The summed E-state index contributed by atoms with van der Waals surface area (Å²) in [6.07, 6.45) is -1.31. The number of ether oxygens (including phenoxy) is 2. The molecule has 0 radical (unpaired) electrons. The predicted molar refractivity (Wildman–Crippen MR) is 67.5 cm³/mol. The number of fused-ring (bicyclic) bond motifs is 1. The van der Waals surface area contributed by atoms with Gasteiger partial charge in [0, 0.05) is 6.42 Å². The standard InChI is InChI=1S/C15H16F2O3/c16-15(17)12(18)8-4-7-11-13(20-11)14(15)19-9-10-5-2-1-3-6-10/h1-3,5-6,11,13-14H,4,7-9H2/t11-,13-,14+/m0/s1. The molecule has 1 aromatic carbocycles. The van der Waals surface area contributed by atoms with Crippen molar-refractivity contribution in [1.29, 1.82) is 0 Å². The number of ketones is 1. The molecule has 0 bridgehead atoms. The molecule has 2 aliphatic rings. The molecule has 3 nitrogen and oxygen atoms in total. The lowest BCUT2D eigenvalue weighted by Gasteiger charge is -2.26. The molecular weight excluding hydrogens is 266 g/mol. The fourth-order valence-electron chi connectivity index (χ4n) is 2.61. The van der Waals surface area contributed by atoms with Crippen LogP contribution in [-0.2, 0) is 20.9 Å². The van der Waals surface area contributed by atoms with Crippen LogP contribution in [0.1, 0.15) is 24.8 Å². The highest BCUT2D eigenvalue weighted by atomic mass is 19.3. The number of Topliss-reactive ketones (excluding diaryl/α,β-unsaturated/α-hetero) is 1. The van der Waals surface area contributed by atoms with Crippen LogP contribution in [0.5, 0.6) is 0 Å². The van der Waals surface area contributed by atoms with Crippen LogP contribution in [-0.4, -0.2) is 30.0 Å².